The van der Waals surface area contributed by atoms with Gasteiger partial charge in [0, 0.05) is 32.3 Å². The molecule has 2 unspecified atom stereocenters. The molecule has 2 aliphatic rings. The van der Waals surface area contributed by atoms with E-state index in [1.165, 1.54) is 6.20 Å². The second-order valence-electron chi connectivity index (χ2n) is 7.52. The topological polar surface area (TPSA) is 123 Å². The van der Waals surface area contributed by atoms with Gasteiger partial charge in [0.25, 0.3) is 5.91 Å². The van der Waals surface area contributed by atoms with Crippen molar-refractivity contribution in [3.05, 3.63) is 35.7 Å². The summed E-state index contributed by atoms with van der Waals surface area (Å²) in [5.74, 6) is -1.11. The van der Waals surface area contributed by atoms with Crippen LogP contribution in [-0.4, -0.2) is 69.1 Å². The molecule has 13 heteroatoms. The molecule has 2 aromatic heterocycles. The summed E-state index contributed by atoms with van der Waals surface area (Å²) in [6, 6.07) is 1.82. The molecule has 0 radical (unpaired) electrons. The lowest BCUT2D eigenvalue weighted by atomic mass is 10.1. The summed E-state index contributed by atoms with van der Waals surface area (Å²) in [6.07, 6.45) is -0.619. The van der Waals surface area contributed by atoms with E-state index < -0.39 is 12.1 Å². The number of aromatic nitrogens is 3. The molecule has 2 aliphatic heterocycles. The molecule has 0 aromatic carbocycles. The number of aliphatic carboxylic acids is 1. The first-order valence-corrected chi connectivity index (χ1v) is 10.0. The number of alkyl halides is 3. The van der Waals surface area contributed by atoms with Gasteiger partial charge in [0.15, 0.2) is 0 Å². The van der Waals surface area contributed by atoms with Gasteiger partial charge >= 0.3 is 12.1 Å². The van der Waals surface area contributed by atoms with Gasteiger partial charge in [-0.25, -0.2) is 9.78 Å². The molecule has 0 bridgehead atoms. The number of carboxylic acids is 1. The highest BCUT2D eigenvalue weighted by molar-refractivity contribution is 5.91. The molecule has 4 heterocycles. The van der Waals surface area contributed by atoms with E-state index in [0.717, 1.165) is 50.8 Å². The summed E-state index contributed by atoms with van der Waals surface area (Å²) in [5.41, 5.74) is 1.01. The summed E-state index contributed by atoms with van der Waals surface area (Å²) in [5, 5.41) is 13.5. The monoisotopic (exact) mass is 459 g/mol. The number of hydrogen-bond acceptors (Lipinski definition) is 7. The third-order valence-electron chi connectivity index (χ3n) is 5.35. The van der Waals surface area contributed by atoms with Crippen molar-refractivity contribution in [3.8, 4) is 0 Å². The first-order chi connectivity index (χ1) is 15.2. The molecule has 1 amide bonds. The highest BCUT2D eigenvalue weighted by atomic mass is 19.4. The molecular weight excluding hydrogens is 435 g/mol. The van der Waals surface area contributed by atoms with Gasteiger partial charge < -0.3 is 24.3 Å². The van der Waals surface area contributed by atoms with Crippen LogP contribution in [-0.2, 0) is 22.6 Å². The van der Waals surface area contributed by atoms with Crippen LogP contribution in [0.4, 0.5) is 13.2 Å². The normalized spacial score (nSPS) is 20.9. The summed E-state index contributed by atoms with van der Waals surface area (Å²) in [4.78, 5) is 28.0. The SMILES string of the molecule is CC1c2ncc(CNC(=O)c3ccno3)n2CCN1CC1CCOC1.O=C(O)C(F)(F)F. The first kappa shape index (κ1) is 23.7. The molecule has 2 atom stereocenters. The number of imidazole rings is 1. The van der Waals surface area contributed by atoms with Gasteiger partial charge in [-0.15, -0.1) is 0 Å². The van der Waals surface area contributed by atoms with E-state index in [1.54, 1.807) is 6.07 Å². The summed E-state index contributed by atoms with van der Waals surface area (Å²) >= 11 is 0. The van der Waals surface area contributed by atoms with Gasteiger partial charge in [0.05, 0.1) is 37.3 Å². The van der Waals surface area contributed by atoms with Crippen LogP contribution in [0.5, 0.6) is 0 Å². The number of halogens is 3. The van der Waals surface area contributed by atoms with E-state index >= 15 is 0 Å². The number of fused-ring (bicyclic) bond motifs is 1. The van der Waals surface area contributed by atoms with Crippen LogP contribution in [0.15, 0.2) is 23.0 Å². The van der Waals surface area contributed by atoms with Crippen molar-refractivity contribution >= 4 is 11.9 Å². The Kier molecular flexibility index (Phi) is 7.51. The molecule has 2 aromatic rings. The molecular formula is C19H24F3N5O5. The van der Waals surface area contributed by atoms with Crippen LogP contribution >= 0.6 is 0 Å². The lowest BCUT2D eigenvalue weighted by molar-refractivity contribution is -0.192. The third kappa shape index (κ3) is 5.85. The van der Waals surface area contributed by atoms with Gasteiger partial charge in [0.1, 0.15) is 5.82 Å². The number of ether oxygens (including phenoxy) is 1. The number of carbonyl (C=O) groups excluding carboxylic acids is 1. The lowest BCUT2D eigenvalue weighted by Gasteiger charge is -2.35. The Morgan fingerprint density at radius 3 is 2.69 bits per heavy atom. The van der Waals surface area contributed by atoms with Crippen LogP contribution in [0, 0.1) is 5.92 Å². The van der Waals surface area contributed by atoms with Crippen LogP contribution < -0.4 is 5.32 Å². The van der Waals surface area contributed by atoms with E-state index in [1.807, 2.05) is 6.20 Å². The number of carbonyl (C=O) groups is 2. The van der Waals surface area contributed by atoms with Crippen LogP contribution in [0.2, 0.25) is 0 Å². The Bertz CT molecular complexity index is 909. The van der Waals surface area contributed by atoms with Crippen molar-refractivity contribution in [1.82, 2.24) is 24.9 Å². The molecule has 10 nitrogen and oxygen atoms in total. The van der Waals surface area contributed by atoms with E-state index in [-0.39, 0.29) is 17.7 Å². The molecule has 0 spiro atoms. The van der Waals surface area contributed by atoms with E-state index in [2.05, 4.69) is 31.8 Å². The summed E-state index contributed by atoms with van der Waals surface area (Å²) in [7, 11) is 0. The van der Waals surface area contributed by atoms with Gasteiger partial charge in [-0.3, -0.25) is 9.69 Å². The third-order valence-corrected chi connectivity index (χ3v) is 5.35. The molecule has 32 heavy (non-hydrogen) atoms. The average Bonchev–Trinajstić information content (AvgIpc) is 3.50. The van der Waals surface area contributed by atoms with E-state index in [9.17, 15) is 18.0 Å². The maximum atomic E-state index is 12.0. The Morgan fingerprint density at radius 2 is 2.09 bits per heavy atom. The van der Waals surface area contributed by atoms with Crippen molar-refractivity contribution in [3.63, 3.8) is 0 Å². The van der Waals surface area contributed by atoms with Gasteiger partial charge in [-0.2, -0.15) is 13.2 Å². The minimum Gasteiger partial charge on any atom is -0.475 e. The average molecular weight is 459 g/mol. The van der Waals surface area contributed by atoms with Crippen molar-refractivity contribution < 1.29 is 37.1 Å². The standard InChI is InChI=1S/C17H23N5O3.C2HF3O2/c1-12-16-18-8-14(9-19-17(23)15-2-4-20-25-15)22(16)6-5-21(12)10-13-3-7-24-11-13;3-2(4,5)1(6)7/h2,4,8,12-13H,3,5-7,9-11H2,1H3,(H,19,23);(H,6,7). The molecule has 1 saturated heterocycles. The second kappa shape index (κ2) is 10.1. The predicted octanol–water partition coefficient (Wildman–Crippen LogP) is 1.85. The molecule has 4 rings (SSSR count). The minimum atomic E-state index is -5.08. The quantitative estimate of drug-likeness (QED) is 0.695. The van der Waals surface area contributed by atoms with Crippen molar-refractivity contribution in [1.29, 1.82) is 0 Å². The minimum absolute atomic E-state index is 0.219. The predicted molar refractivity (Wildman–Crippen MR) is 103 cm³/mol. The highest BCUT2D eigenvalue weighted by Crippen LogP contribution is 2.27. The first-order valence-electron chi connectivity index (χ1n) is 10.0. The smallest absolute Gasteiger partial charge is 0.475 e. The maximum Gasteiger partial charge on any atom is 0.490 e. The van der Waals surface area contributed by atoms with Crippen molar-refractivity contribution in [2.45, 2.75) is 38.7 Å². The Balaban J connectivity index is 0.000000360. The second-order valence-corrected chi connectivity index (χ2v) is 7.52. The zero-order valence-electron chi connectivity index (χ0n) is 17.3. The molecule has 176 valence electrons. The van der Waals surface area contributed by atoms with Crippen LogP contribution in [0.1, 0.15) is 41.5 Å². The maximum absolute atomic E-state index is 12.0. The van der Waals surface area contributed by atoms with Crippen LogP contribution in [0.25, 0.3) is 0 Å². The zero-order valence-corrected chi connectivity index (χ0v) is 17.3. The van der Waals surface area contributed by atoms with Crippen molar-refractivity contribution in [2.75, 3.05) is 26.3 Å². The number of nitrogens with one attached hydrogen (secondary N) is 1. The largest absolute Gasteiger partial charge is 0.490 e. The number of hydrogen-bond donors (Lipinski definition) is 2. The Hall–Kier alpha value is -2.93. The number of rotatable bonds is 5. The fourth-order valence-corrected chi connectivity index (χ4v) is 3.64. The fourth-order valence-electron chi connectivity index (χ4n) is 3.64. The van der Waals surface area contributed by atoms with E-state index in [4.69, 9.17) is 19.2 Å². The molecule has 0 saturated carbocycles. The van der Waals surface area contributed by atoms with Gasteiger partial charge in [-0.05, 0) is 19.3 Å². The van der Waals surface area contributed by atoms with Crippen LogP contribution in [0.3, 0.4) is 0 Å². The van der Waals surface area contributed by atoms with Gasteiger partial charge in [0.2, 0.25) is 5.76 Å². The highest BCUT2D eigenvalue weighted by Gasteiger charge is 2.38. The number of nitrogens with zero attached hydrogens (tertiary/aromatic N) is 4. The Morgan fingerprint density at radius 1 is 1.34 bits per heavy atom. The number of carboxylic acid groups (broad SMARTS) is 1. The number of amides is 1. The molecule has 0 aliphatic carbocycles. The lowest BCUT2D eigenvalue weighted by Crippen LogP contribution is -2.40. The van der Waals surface area contributed by atoms with Gasteiger partial charge in [-0.1, -0.05) is 5.16 Å². The summed E-state index contributed by atoms with van der Waals surface area (Å²) in [6.45, 7) is 7.32. The molecule has 1 fully saturated rings. The van der Waals surface area contributed by atoms with E-state index in [0.29, 0.717) is 12.5 Å². The summed E-state index contributed by atoms with van der Waals surface area (Å²) < 4.78 is 44.3. The molecule has 2 N–H and O–H groups in total. The fraction of sp³-hybridized carbons (Fsp3) is 0.579. The van der Waals surface area contributed by atoms with Crippen molar-refractivity contribution in [2.24, 2.45) is 5.92 Å². The Labute approximate surface area is 181 Å². The zero-order chi connectivity index (χ0) is 23.3.